The highest BCUT2D eigenvalue weighted by molar-refractivity contribution is 5.76. The zero-order valence-electron chi connectivity index (χ0n) is 19.6. The maximum atomic E-state index is 13.5. The highest BCUT2D eigenvalue weighted by atomic mass is 19.1. The lowest BCUT2D eigenvalue weighted by molar-refractivity contribution is 0.182. The Labute approximate surface area is 194 Å². The molecule has 7 heteroatoms. The number of carbonyl (C=O) groups excluding carboxylic acids is 1. The molecule has 1 N–H and O–H groups in total. The van der Waals surface area contributed by atoms with Crippen LogP contribution in [0.1, 0.15) is 51.8 Å². The predicted molar refractivity (Wildman–Crippen MR) is 126 cm³/mol. The quantitative estimate of drug-likeness (QED) is 0.492. The van der Waals surface area contributed by atoms with E-state index in [1.165, 1.54) is 12.1 Å². The third-order valence-corrected chi connectivity index (χ3v) is 5.44. The summed E-state index contributed by atoms with van der Waals surface area (Å²) in [6, 6.07) is 15.8. The molecule has 6 nitrogen and oxygen atoms in total. The first kappa shape index (κ1) is 22.8. The number of para-hydroxylation sites is 1. The Hall–Kier alpha value is -3.35. The van der Waals surface area contributed by atoms with E-state index in [4.69, 9.17) is 9.84 Å². The van der Waals surface area contributed by atoms with Gasteiger partial charge in [-0.2, -0.15) is 5.10 Å². The summed E-state index contributed by atoms with van der Waals surface area (Å²) in [7, 11) is 0. The number of carbonyl (C=O) groups is 1. The Morgan fingerprint density at radius 1 is 1.15 bits per heavy atom. The number of rotatable bonds is 7. The lowest BCUT2D eigenvalue weighted by atomic mass is 10.1. The molecule has 0 radical (unpaired) electrons. The SMILES string of the molecule is CCc1nn(-c2ccccc2)c(Oc2ccc(F)cc2)c1CN(C(=O)NC(C)(C)C)C1CC1. The second kappa shape index (κ2) is 9.25. The van der Waals surface area contributed by atoms with Crippen LogP contribution < -0.4 is 10.1 Å². The minimum absolute atomic E-state index is 0.0905. The number of hydrogen-bond acceptors (Lipinski definition) is 3. The van der Waals surface area contributed by atoms with Crippen LogP contribution in [0.15, 0.2) is 54.6 Å². The van der Waals surface area contributed by atoms with Crippen LogP contribution in [0, 0.1) is 5.82 Å². The van der Waals surface area contributed by atoms with E-state index in [-0.39, 0.29) is 23.4 Å². The summed E-state index contributed by atoms with van der Waals surface area (Å²) in [4.78, 5) is 15.0. The standard InChI is InChI=1S/C26H31FN4O2/c1-5-23-22(17-30(19-13-14-19)25(32)28-26(2,3)4)24(33-21-15-11-18(27)12-16-21)31(29-23)20-9-7-6-8-10-20/h6-12,15-16,19H,5,13-14,17H2,1-4H3,(H,28,32). The summed E-state index contributed by atoms with van der Waals surface area (Å²) < 4.78 is 21.5. The van der Waals surface area contributed by atoms with Gasteiger partial charge in [-0.15, -0.1) is 0 Å². The van der Waals surface area contributed by atoms with Crippen molar-refractivity contribution in [3.05, 3.63) is 71.7 Å². The largest absolute Gasteiger partial charge is 0.439 e. The maximum absolute atomic E-state index is 13.5. The summed E-state index contributed by atoms with van der Waals surface area (Å²) in [5, 5.41) is 7.93. The smallest absolute Gasteiger partial charge is 0.318 e. The van der Waals surface area contributed by atoms with E-state index in [2.05, 4.69) is 5.32 Å². The molecule has 1 aliphatic carbocycles. The number of aromatic nitrogens is 2. The van der Waals surface area contributed by atoms with Gasteiger partial charge in [-0.05, 0) is 76.4 Å². The molecule has 0 bridgehead atoms. The average molecular weight is 451 g/mol. The van der Waals surface area contributed by atoms with Crippen molar-refractivity contribution in [2.45, 2.75) is 65.1 Å². The van der Waals surface area contributed by atoms with Crippen LogP contribution >= 0.6 is 0 Å². The average Bonchev–Trinajstić information content (AvgIpc) is 3.55. The van der Waals surface area contributed by atoms with Gasteiger partial charge < -0.3 is 15.0 Å². The Bertz CT molecular complexity index is 1100. The van der Waals surface area contributed by atoms with Gasteiger partial charge in [0.15, 0.2) is 0 Å². The Morgan fingerprint density at radius 2 is 1.82 bits per heavy atom. The van der Waals surface area contributed by atoms with Gasteiger partial charge in [0.1, 0.15) is 11.6 Å². The number of nitrogens with zero attached hydrogens (tertiary/aromatic N) is 3. The molecule has 2 aromatic carbocycles. The summed E-state index contributed by atoms with van der Waals surface area (Å²) in [6.45, 7) is 8.36. The fraction of sp³-hybridized carbons (Fsp3) is 0.385. The highest BCUT2D eigenvalue weighted by Crippen LogP contribution is 2.35. The number of amides is 2. The molecule has 1 aromatic heterocycles. The lowest BCUT2D eigenvalue weighted by Crippen LogP contribution is -2.49. The minimum Gasteiger partial charge on any atom is -0.439 e. The predicted octanol–water partition coefficient (Wildman–Crippen LogP) is 5.84. The van der Waals surface area contributed by atoms with Crippen LogP contribution in [-0.2, 0) is 13.0 Å². The molecule has 0 aliphatic heterocycles. The highest BCUT2D eigenvalue weighted by Gasteiger charge is 2.36. The zero-order valence-corrected chi connectivity index (χ0v) is 19.6. The van der Waals surface area contributed by atoms with Crippen molar-refractivity contribution >= 4 is 6.03 Å². The van der Waals surface area contributed by atoms with Crippen molar-refractivity contribution in [2.24, 2.45) is 0 Å². The van der Waals surface area contributed by atoms with E-state index < -0.39 is 0 Å². The van der Waals surface area contributed by atoms with Gasteiger partial charge >= 0.3 is 6.03 Å². The first-order chi connectivity index (χ1) is 15.7. The molecule has 1 saturated carbocycles. The molecule has 0 atom stereocenters. The maximum Gasteiger partial charge on any atom is 0.318 e. The number of halogens is 1. The van der Waals surface area contributed by atoms with Crippen molar-refractivity contribution in [1.82, 2.24) is 20.0 Å². The molecule has 174 valence electrons. The fourth-order valence-corrected chi connectivity index (χ4v) is 3.70. The number of benzene rings is 2. The van der Waals surface area contributed by atoms with Gasteiger partial charge in [0.2, 0.25) is 5.88 Å². The third-order valence-electron chi connectivity index (χ3n) is 5.44. The second-order valence-corrected chi connectivity index (χ2v) is 9.43. The van der Waals surface area contributed by atoms with Crippen molar-refractivity contribution < 1.29 is 13.9 Å². The monoisotopic (exact) mass is 450 g/mol. The number of aryl methyl sites for hydroxylation is 1. The molecule has 3 aromatic rings. The van der Waals surface area contributed by atoms with Gasteiger partial charge in [0.25, 0.3) is 0 Å². The molecule has 0 saturated heterocycles. The van der Waals surface area contributed by atoms with Crippen LogP contribution in [0.25, 0.3) is 5.69 Å². The van der Waals surface area contributed by atoms with Crippen molar-refractivity contribution in [2.75, 3.05) is 0 Å². The molecule has 1 heterocycles. The molecule has 0 spiro atoms. The van der Waals surface area contributed by atoms with E-state index in [0.29, 0.717) is 24.6 Å². The Morgan fingerprint density at radius 3 is 2.39 bits per heavy atom. The minimum atomic E-state index is -0.334. The van der Waals surface area contributed by atoms with Crippen LogP contribution in [0.5, 0.6) is 11.6 Å². The zero-order chi connectivity index (χ0) is 23.6. The molecular formula is C26H31FN4O2. The molecule has 1 fully saturated rings. The van der Waals surface area contributed by atoms with Crippen molar-refractivity contribution in [3.63, 3.8) is 0 Å². The summed E-state index contributed by atoms with van der Waals surface area (Å²) in [5.74, 6) is 0.723. The Balaban J connectivity index is 1.76. The first-order valence-electron chi connectivity index (χ1n) is 11.4. The Kier molecular flexibility index (Phi) is 6.40. The third kappa shape index (κ3) is 5.53. The van der Waals surface area contributed by atoms with E-state index in [1.807, 2.05) is 62.9 Å². The van der Waals surface area contributed by atoms with E-state index in [1.54, 1.807) is 16.8 Å². The summed E-state index contributed by atoms with van der Waals surface area (Å²) in [5.41, 5.74) is 2.25. The second-order valence-electron chi connectivity index (χ2n) is 9.43. The van der Waals surface area contributed by atoms with Gasteiger partial charge in [0, 0.05) is 11.6 Å². The topological polar surface area (TPSA) is 59.4 Å². The molecule has 33 heavy (non-hydrogen) atoms. The number of ether oxygens (including phenoxy) is 1. The van der Waals surface area contributed by atoms with E-state index in [0.717, 1.165) is 29.8 Å². The normalized spacial score (nSPS) is 13.6. The van der Waals surface area contributed by atoms with Gasteiger partial charge in [-0.1, -0.05) is 25.1 Å². The van der Waals surface area contributed by atoms with Gasteiger partial charge in [-0.25, -0.2) is 13.9 Å². The van der Waals surface area contributed by atoms with Crippen LogP contribution in [-0.4, -0.2) is 32.3 Å². The molecule has 2 amide bonds. The van der Waals surface area contributed by atoms with Crippen LogP contribution in [0.3, 0.4) is 0 Å². The molecular weight excluding hydrogens is 419 g/mol. The van der Waals surface area contributed by atoms with Crippen LogP contribution in [0.2, 0.25) is 0 Å². The molecule has 0 unspecified atom stereocenters. The number of urea groups is 1. The summed E-state index contributed by atoms with van der Waals surface area (Å²) >= 11 is 0. The first-order valence-corrected chi connectivity index (χ1v) is 11.4. The van der Waals surface area contributed by atoms with Gasteiger partial charge in [-0.3, -0.25) is 0 Å². The molecule has 4 rings (SSSR count). The fourth-order valence-electron chi connectivity index (χ4n) is 3.70. The van der Waals surface area contributed by atoms with Crippen molar-refractivity contribution in [1.29, 1.82) is 0 Å². The van der Waals surface area contributed by atoms with Crippen molar-refractivity contribution in [3.8, 4) is 17.3 Å². The number of hydrogen-bond donors (Lipinski definition) is 1. The number of nitrogens with one attached hydrogen (secondary N) is 1. The van der Waals surface area contributed by atoms with Gasteiger partial charge in [0.05, 0.1) is 23.5 Å². The molecule has 1 aliphatic rings. The van der Waals surface area contributed by atoms with Crippen LogP contribution in [0.4, 0.5) is 9.18 Å². The lowest BCUT2D eigenvalue weighted by Gasteiger charge is -2.28. The summed E-state index contributed by atoms with van der Waals surface area (Å²) in [6.07, 6.45) is 2.66. The van der Waals surface area contributed by atoms with E-state index >= 15 is 0 Å². The van der Waals surface area contributed by atoms with E-state index in [9.17, 15) is 9.18 Å².